The molecule has 4 nitrogen and oxygen atoms in total. The Morgan fingerprint density at radius 1 is 0.358 bits per heavy atom. The van der Waals surface area contributed by atoms with Crippen molar-refractivity contribution < 1.29 is 15.0 Å². The number of hydrogen-bond acceptors (Lipinski definition) is 3. The molecule has 2 unspecified atom stereocenters. The van der Waals surface area contributed by atoms with E-state index in [2.05, 4.69) is 55.6 Å². The molecule has 0 aliphatic heterocycles. The Bertz CT molecular complexity index is 1020. The van der Waals surface area contributed by atoms with Gasteiger partial charge >= 0.3 is 0 Å². The number of allylic oxidation sites excluding steroid dienone is 6. The SMILES string of the molecule is CCCCCCC/C=C\C/C=C\C/C=C\CCCCCCCCCCC(=O)NC(CO)C(O)CCCCCCCCCCCCCCCCCCCCCCCCCCCCCCCCCC. The zero-order chi connectivity index (χ0) is 48.5. The minimum atomic E-state index is -0.665. The molecule has 0 radical (unpaired) electrons. The van der Waals surface area contributed by atoms with Gasteiger partial charge in [-0.3, -0.25) is 4.79 Å². The van der Waals surface area contributed by atoms with Gasteiger partial charge < -0.3 is 15.5 Å². The molecular weight excluding hydrogens is 819 g/mol. The van der Waals surface area contributed by atoms with Crippen molar-refractivity contribution in [2.45, 2.75) is 353 Å². The van der Waals surface area contributed by atoms with Gasteiger partial charge in [-0.05, 0) is 51.4 Å². The van der Waals surface area contributed by atoms with Gasteiger partial charge in [0, 0.05) is 6.42 Å². The summed E-state index contributed by atoms with van der Waals surface area (Å²) in [5.74, 6) is -0.0342. The second-order valence-electron chi connectivity index (χ2n) is 21.1. The lowest BCUT2D eigenvalue weighted by molar-refractivity contribution is -0.123. The molecule has 3 N–H and O–H groups in total. The maximum atomic E-state index is 12.5. The van der Waals surface area contributed by atoms with E-state index in [0.29, 0.717) is 12.8 Å². The topological polar surface area (TPSA) is 69.6 Å². The summed E-state index contributed by atoms with van der Waals surface area (Å²) in [6.45, 7) is 4.38. The van der Waals surface area contributed by atoms with Crippen LogP contribution in [0.25, 0.3) is 0 Å². The third-order valence-corrected chi connectivity index (χ3v) is 14.4. The molecule has 0 aromatic carbocycles. The fourth-order valence-corrected chi connectivity index (χ4v) is 9.73. The fourth-order valence-electron chi connectivity index (χ4n) is 9.73. The monoisotopic (exact) mass is 940 g/mol. The molecule has 67 heavy (non-hydrogen) atoms. The lowest BCUT2D eigenvalue weighted by Crippen LogP contribution is -2.45. The average Bonchev–Trinajstić information content (AvgIpc) is 3.33. The van der Waals surface area contributed by atoms with Crippen molar-refractivity contribution in [3.63, 3.8) is 0 Å². The number of nitrogens with one attached hydrogen (secondary N) is 1. The molecule has 0 aliphatic carbocycles. The van der Waals surface area contributed by atoms with Crippen LogP contribution in [-0.4, -0.2) is 34.9 Å². The number of amides is 1. The molecule has 0 heterocycles. The third-order valence-electron chi connectivity index (χ3n) is 14.4. The lowest BCUT2D eigenvalue weighted by atomic mass is 10.0. The van der Waals surface area contributed by atoms with Gasteiger partial charge in [0.2, 0.25) is 5.91 Å². The van der Waals surface area contributed by atoms with Gasteiger partial charge in [0.25, 0.3) is 0 Å². The van der Waals surface area contributed by atoms with E-state index < -0.39 is 12.1 Å². The van der Waals surface area contributed by atoms with Crippen LogP contribution in [-0.2, 0) is 4.79 Å². The number of rotatable bonds is 57. The first-order valence-electron chi connectivity index (χ1n) is 30.7. The Balaban J connectivity index is 3.43. The number of aliphatic hydroxyl groups excluding tert-OH is 2. The van der Waals surface area contributed by atoms with Crippen molar-refractivity contribution in [2.24, 2.45) is 0 Å². The Labute approximate surface area is 421 Å². The first-order chi connectivity index (χ1) is 33.2. The second kappa shape index (κ2) is 58.9. The minimum absolute atomic E-state index is 0.0342. The van der Waals surface area contributed by atoms with E-state index in [1.54, 1.807) is 0 Å². The molecule has 0 aromatic rings. The largest absolute Gasteiger partial charge is 0.394 e. The van der Waals surface area contributed by atoms with Gasteiger partial charge in [0.1, 0.15) is 0 Å². The molecule has 0 saturated carbocycles. The summed E-state index contributed by atoms with van der Waals surface area (Å²) in [5.41, 5.74) is 0. The quantitative estimate of drug-likeness (QED) is 0.0420. The van der Waals surface area contributed by atoms with E-state index in [-0.39, 0.29) is 12.5 Å². The highest BCUT2D eigenvalue weighted by Gasteiger charge is 2.20. The van der Waals surface area contributed by atoms with Crippen LogP contribution in [0.5, 0.6) is 0 Å². The number of aliphatic hydroxyl groups is 2. The van der Waals surface area contributed by atoms with Crippen molar-refractivity contribution in [3.8, 4) is 0 Å². The van der Waals surface area contributed by atoms with Gasteiger partial charge in [0.05, 0.1) is 18.8 Å². The summed E-state index contributed by atoms with van der Waals surface area (Å²) < 4.78 is 0. The van der Waals surface area contributed by atoms with Gasteiger partial charge in [0.15, 0.2) is 0 Å². The predicted octanol–water partition coefficient (Wildman–Crippen LogP) is 20.4. The standard InChI is InChI=1S/C63H121NO3/c1-3-5-7-9-11-13-15-17-19-21-23-25-27-28-29-30-31-32-33-34-35-37-38-40-42-44-46-48-50-52-54-56-58-62(66)61(60-65)64-63(67)59-57-55-53-51-49-47-45-43-41-39-36-26-24-22-20-18-16-14-12-10-8-6-4-2/h16,18,22,24,36,39,61-62,65-66H,3-15,17,19-21,23,25-35,37-38,40-60H2,1-2H3,(H,64,67)/b18-16-,24-22-,39-36-. The van der Waals surface area contributed by atoms with E-state index in [0.717, 1.165) is 38.5 Å². The fraction of sp³-hybridized carbons (Fsp3) is 0.889. The van der Waals surface area contributed by atoms with Crippen molar-refractivity contribution in [3.05, 3.63) is 36.5 Å². The number of carbonyl (C=O) groups excluding carboxylic acids is 1. The Morgan fingerprint density at radius 2 is 0.612 bits per heavy atom. The number of carbonyl (C=O) groups is 1. The number of hydrogen-bond donors (Lipinski definition) is 3. The average molecular weight is 941 g/mol. The smallest absolute Gasteiger partial charge is 0.220 e. The van der Waals surface area contributed by atoms with Crippen LogP contribution in [0.3, 0.4) is 0 Å². The van der Waals surface area contributed by atoms with Crippen LogP contribution < -0.4 is 5.32 Å². The second-order valence-corrected chi connectivity index (χ2v) is 21.1. The van der Waals surface area contributed by atoms with Crippen LogP contribution >= 0.6 is 0 Å². The molecule has 0 saturated heterocycles. The summed E-state index contributed by atoms with van der Waals surface area (Å²) in [5, 5.41) is 23.4. The zero-order valence-electron chi connectivity index (χ0n) is 45.7. The molecule has 0 rings (SSSR count). The zero-order valence-corrected chi connectivity index (χ0v) is 45.7. The van der Waals surface area contributed by atoms with E-state index in [9.17, 15) is 15.0 Å². The molecule has 0 bridgehead atoms. The van der Waals surface area contributed by atoms with Gasteiger partial charge in [-0.1, -0.05) is 320 Å². The first-order valence-corrected chi connectivity index (χ1v) is 30.7. The Morgan fingerprint density at radius 3 is 0.910 bits per heavy atom. The van der Waals surface area contributed by atoms with Crippen molar-refractivity contribution >= 4 is 5.91 Å². The molecule has 0 spiro atoms. The summed E-state index contributed by atoms with van der Waals surface area (Å²) in [6.07, 6.45) is 80.1. The van der Waals surface area contributed by atoms with E-state index in [1.165, 1.54) is 276 Å². The lowest BCUT2D eigenvalue weighted by Gasteiger charge is -2.22. The van der Waals surface area contributed by atoms with Gasteiger partial charge in [-0.25, -0.2) is 0 Å². The molecule has 396 valence electrons. The van der Waals surface area contributed by atoms with Crippen LogP contribution in [0.4, 0.5) is 0 Å². The summed E-state index contributed by atoms with van der Waals surface area (Å²) >= 11 is 0. The summed E-state index contributed by atoms with van der Waals surface area (Å²) in [7, 11) is 0. The van der Waals surface area contributed by atoms with Crippen molar-refractivity contribution in [1.29, 1.82) is 0 Å². The number of unbranched alkanes of at least 4 members (excludes halogenated alkanes) is 44. The molecular formula is C63H121NO3. The van der Waals surface area contributed by atoms with E-state index >= 15 is 0 Å². The minimum Gasteiger partial charge on any atom is -0.394 e. The molecule has 0 aromatic heterocycles. The van der Waals surface area contributed by atoms with Crippen LogP contribution in [0.2, 0.25) is 0 Å². The van der Waals surface area contributed by atoms with Crippen LogP contribution in [0.1, 0.15) is 341 Å². The molecule has 0 aliphatic rings. The van der Waals surface area contributed by atoms with E-state index in [4.69, 9.17) is 0 Å². The van der Waals surface area contributed by atoms with Crippen molar-refractivity contribution in [1.82, 2.24) is 5.32 Å². The molecule has 2 atom stereocenters. The maximum Gasteiger partial charge on any atom is 0.220 e. The van der Waals surface area contributed by atoms with Gasteiger partial charge in [-0.2, -0.15) is 0 Å². The molecule has 1 amide bonds. The normalized spacial score (nSPS) is 13.0. The molecule has 0 fully saturated rings. The highest BCUT2D eigenvalue weighted by Crippen LogP contribution is 2.18. The first kappa shape index (κ1) is 65.6. The maximum absolute atomic E-state index is 12.5. The summed E-state index contributed by atoms with van der Waals surface area (Å²) in [6, 6.07) is -0.542. The molecule has 4 heteroatoms. The van der Waals surface area contributed by atoms with E-state index in [1.807, 2.05) is 0 Å². The highest BCUT2D eigenvalue weighted by molar-refractivity contribution is 5.76. The highest BCUT2D eigenvalue weighted by atomic mass is 16.3. The van der Waals surface area contributed by atoms with Crippen LogP contribution in [0, 0.1) is 0 Å². The Hall–Kier alpha value is -1.39. The third kappa shape index (κ3) is 55.4. The van der Waals surface area contributed by atoms with Crippen LogP contribution in [0.15, 0.2) is 36.5 Å². The van der Waals surface area contributed by atoms with Crippen molar-refractivity contribution in [2.75, 3.05) is 6.61 Å². The predicted molar refractivity (Wildman–Crippen MR) is 299 cm³/mol. The summed E-state index contributed by atoms with van der Waals surface area (Å²) in [4.78, 5) is 12.5. The Kier molecular flexibility index (Phi) is 57.7. The van der Waals surface area contributed by atoms with Gasteiger partial charge in [-0.15, -0.1) is 0 Å².